The number of rotatable bonds is 4. The van der Waals surface area contributed by atoms with Gasteiger partial charge in [-0.1, -0.05) is 0 Å². The third-order valence-electron chi connectivity index (χ3n) is 3.23. The topological polar surface area (TPSA) is 50.3 Å². The molecule has 1 aromatic rings. The van der Waals surface area contributed by atoms with Crippen LogP contribution < -0.4 is 10.2 Å². The molecule has 1 atom stereocenters. The van der Waals surface area contributed by atoms with E-state index in [-0.39, 0.29) is 5.82 Å². The lowest BCUT2D eigenvalue weighted by atomic mass is 10.1. The molecule has 0 aromatic carbocycles. The fourth-order valence-electron chi connectivity index (χ4n) is 2.26. The van der Waals surface area contributed by atoms with Crippen LogP contribution in [0, 0.1) is 5.92 Å². The van der Waals surface area contributed by atoms with Gasteiger partial charge in [-0.3, -0.25) is 0 Å². The molecule has 1 unspecified atom stereocenters. The van der Waals surface area contributed by atoms with E-state index in [1.807, 2.05) is 4.90 Å². The third-order valence-corrected chi connectivity index (χ3v) is 3.23. The molecule has 0 bridgehead atoms. The lowest BCUT2D eigenvalue weighted by molar-refractivity contribution is -0.144. The van der Waals surface area contributed by atoms with Crippen molar-refractivity contribution in [2.24, 2.45) is 5.92 Å². The average molecular weight is 290 g/mol. The number of ether oxygens (including phenoxy) is 1. The van der Waals surface area contributed by atoms with Gasteiger partial charge in [-0.2, -0.15) is 13.2 Å². The first-order chi connectivity index (χ1) is 9.44. The minimum absolute atomic E-state index is 0.164. The summed E-state index contributed by atoms with van der Waals surface area (Å²) in [4.78, 5) is 8.92. The summed E-state index contributed by atoms with van der Waals surface area (Å²) in [6.07, 6.45) is -3.67. The first-order valence-electron chi connectivity index (χ1n) is 6.32. The van der Waals surface area contributed by atoms with Crippen LogP contribution in [0.5, 0.6) is 0 Å². The van der Waals surface area contributed by atoms with Crippen molar-refractivity contribution in [3.05, 3.63) is 11.9 Å². The molecule has 1 aliphatic rings. The fourth-order valence-corrected chi connectivity index (χ4v) is 2.26. The highest BCUT2D eigenvalue weighted by atomic mass is 19.4. The molecule has 0 amide bonds. The van der Waals surface area contributed by atoms with Gasteiger partial charge in [-0.25, -0.2) is 9.97 Å². The molecular weight excluding hydrogens is 273 g/mol. The molecule has 0 saturated carbocycles. The smallest absolute Gasteiger partial charge is 0.384 e. The lowest BCUT2D eigenvalue weighted by Crippen LogP contribution is -2.24. The molecule has 1 aliphatic heterocycles. The summed E-state index contributed by atoms with van der Waals surface area (Å²) in [6, 6.07) is 1.53. The van der Waals surface area contributed by atoms with Crippen LogP contribution in [0.25, 0.3) is 0 Å². The molecule has 0 spiro atoms. The Labute approximate surface area is 115 Å². The van der Waals surface area contributed by atoms with Gasteiger partial charge in [0.1, 0.15) is 11.6 Å². The van der Waals surface area contributed by atoms with Crippen LogP contribution >= 0.6 is 0 Å². The van der Waals surface area contributed by atoms with Gasteiger partial charge in [0.2, 0.25) is 5.82 Å². The molecule has 1 aromatic heterocycles. The molecule has 8 heteroatoms. The van der Waals surface area contributed by atoms with E-state index < -0.39 is 12.0 Å². The Morgan fingerprint density at radius 1 is 1.45 bits per heavy atom. The minimum Gasteiger partial charge on any atom is -0.384 e. The highest BCUT2D eigenvalue weighted by molar-refractivity contribution is 5.50. The first-order valence-corrected chi connectivity index (χ1v) is 6.32. The van der Waals surface area contributed by atoms with Crippen molar-refractivity contribution in [1.82, 2.24) is 9.97 Å². The van der Waals surface area contributed by atoms with Gasteiger partial charge in [-0.05, 0) is 6.42 Å². The third kappa shape index (κ3) is 3.30. The van der Waals surface area contributed by atoms with Crippen molar-refractivity contribution in [3.8, 4) is 0 Å². The second-order valence-corrected chi connectivity index (χ2v) is 4.74. The standard InChI is InChI=1S/C12H17F3N4O/c1-16-9-5-10(18-11(17-9)12(13,14)15)19-4-3-8(6-19)7-20-2/h5,8H,3-4,6-7H2,1-2H3,(H,16,17,18). The minimum atomic E-state index is -4.55. The van der Waals surface area contributed by atoms with Crippen LogP contribution in [0.4, 0.5) is 24.8 Å². The van der Waals surface area contributed by atoms with E-state index in [2.05, 4.69) is 15.3 Å². The summed E-state index contributed by atoms with van der Waals surface area (Å²) < 4.78 is 43.4. The van der Waals surface area contributed by atoms with E-state index >= 15 is 0 Å². The van der Waals surface area contributed by atoms with Crippen LogP contribution in [-0.4, -0.2) is 43.8 Å². The number of nitrogens with zero attached hydrogens (tertiary/aromatic N) is 3. The van der Waals surface area contributed by atoms with E-state index in [1.165, 1.54) is 13.1 Å². The van der Waals surface area contributed by atoms with Gasteiger partial charge >= 0.3 is 6.18 Å². The number of hydrogen-bond acceptors (Lipinski definition) is 5. The number of nitrogens with one attached hydrogen (secondary N) is 1. The Kier molecular flexibility index (Phi) is 4.32. The number of hydrogen-bond donors (Lipinski definition) is 1. The molecule has 5 nitrogen and oxygen atoms in total. The summed E-state index contributed by atoms with van der Waals surface area (Å²) in [5.41, 5.74) is 0. The van der Waals surface area contributed by atoms with E-state index in [0.717, 1.165) is 6.42 Å². The first kappa shape index (κ1) is 14.8. The van der Waals surface area contributed by atoms with Crippen LogP contribution in [0.3, 0.4) is 0 Å². The monoisotopic (exact) mass is 290 g/mol. The summed E-state index contributed by atoms with van der Waals surface area (Å²) in [5.74, 6) is -0.329. The quantitative estimate of drug-likeness (QED) is 0.919. The number of methoxy groups -OCH3 is 1. The van der Waals surface area contributed by atoms with Crippen molar-refractivity contribution in [3.63, 3.8) is 0 Å². The highest BCUT2D eigenvalue weighted by Crippen LogP contribution is 2.30. The Hall–Kier alpha value is -1.57. The second-order valence-electron chi connectivity index (χ2n) is 4.74. The maximum Gasteiger partial charge on any atom is 0.451 e. The van der Waals surface area contributed by atoms with Crippen LogP contribution in [-0.2, 0) is 10.9 Å². The lowest BCUT2D eigenvalue weighted by Gasteiger charge is -2.19. The molecule has 20 heavy (non-hydrogen) atoms. The van der Waals surface area contributed by atoms with Gasteiger partial charge in [0, 0.05) is 39.2 Å². The summed E-state index contributed by atoms with van der Waals surface area (Å²) in [7, 11) is 3.15. The molecule has 2 rings (SSSR count). The Bertz CT molecular complexity index is 467. The Balaban J connectivity index is 2.23. The maximum absolute atomic E-state index is 12.8. The van der Waals surface area contributed by atoms with E-state index in [1.54, 1.807) is 7.11 Å². The van der Waals surface area contributed by atoms with E-state index in [0.29, 0.717) is 31.4 Å². The number of aromatic nitrogens is 2. The molecule has 1 saturated heterocycles. The fraction of sp³-hybridized carbons (Fsp3) is 0.667. The number of halogens is 3. The van der Waals surface area contributed by atoms with Crippen LogP contribution in [0.15, 0.2) is 6.07 Å². The molecular formula is C12H17F3N4O. The molecule has 0 aliphatic carbocycles. The van der Waals surface area contributed by atoms with Crippen molar-refractivity contribution in [2.45, 2.75) is 12.6 Å². The van der Waals surface area contributed by atoms with Crippen LogP contribution in [0.1, 0.15) is 12.2 Å². The summed E-state index contributed by atoms with van der Waals surface area (Å²) in [6.45, 7) is 1.92. The molecule has 1 N–H and O–H groups in total. The Morgan fingerprint density at radius 2 is 2.20 bits per heavy atom. The van der Waals surface area contributed by atoms with Crippen molar-refractivity contribution < 1.29 is 17.9 Å². The van der Waals surface area contributed by atoms with Crippen molar-refractivity contribution in [2.75, 3.05) is 44.1 Å². The van der Waals surface area contributed by atoms with Gasteiger partial charge in [0.05, 0.1) is 6.61 Å². The van der Waals surface area contributed by atoms with Gasteiger partial charge in [0.15, 0.2) is 0 Å². The largest absolute Gasteiger partial charge is 0.451 e. The normalized spacial score (nSPS) is 19.4. The average Bonchev–Trinajstić information content (AvgIpc) is 2.86. The Morgan fingerprint density at radius 3 is 2.80 bits per heavy atom. The zero-order valence-electron chi connectivity index (χ0n) is 11.4. The highest BCUT2D eigenvalue weighted by Gasteiger charge is 2.36. The SMILES string of the molecule is CNc1cc(N2CCC(COC)C2)nc(C(F)(F)F)n1. The molecule has 2 heterocycles. The summed E-state index contributed by atoms with van der Waals surface area (Å²) >= 11 is 0. The number of anilines is 2. The summed E-state index contributed by atoms with van der Waals surface area (Å²) in [5, 5.41) is 2.64. The molecule has 0 radical (unpaired) electrons. The van der Waals surface area contributed by atoms with Gasteiger partial charge < -0.3 is 15.0 Å². The molecule has 1 fully saturated rings. The van der Waals surface area contributed by atoms with Crippen molar-refractivity contribution >= 4 is 11.6 Å². The predicted molar refractivity (Wildman–Crippen MR) is 68.8 cm³/mol. The maximum atomic E-state index is 12.8. The predicted octanol–water partition coefficient (Wildman–Crippen LogP) is 2.01. The van der Waals surface area contributed by atoms with Crippen molar-refractivity contribution in [1.29, 1.82) is 0 Å². The molecule has 112 valence electrons. The van der Waals surface area contributed by atoms with E-state index in [9.17, 15) is 13.2 Å². The van der Waals surface area contributed by atoms with Gasteiger partial charge in [-0.15, -0.1) is 0 Å². The zero-order valence-corrected chi connectivity index (χ0v) is 11.4. The van der Waals surface area contributed by atoms with E-state index in [4.69, 9.17) is 4.74 Å². The zero-order chi connectivity index (χ0) is 14.8. The van der Waals surface area contributed by atoms with Gasteiger partial charge in [0.25, 0.3) is 0 Å². The number of alkyl halides is 3. The van der Waals surface area contributed by atoms with Crippen LogP contribution in [0.2, 0.25) is 0 Å². The second kappa shape index (κ2) is 5.82.